The van der Waals surface area contributed by atoms with Gasteiger partial charge in [0.2, 0.25) is 0 Å². The van der Waals surface area contributed by atoms with Crippen LogP contribution in [-0.2, 0) is 0 Å². The number of hydrogen-bond donors (Lipinski definition) is 3. The van der Waals surface area contributed by atoms with Crippen molar-refractivity contribution >= 4 is 44.2 Å². The van der Waals surface area contributed by atoms with Crippen molar-refractivity contribution in [3.05, 3.63) is 46.2 Å². The summed E-state index contributed by atoms with van der Waals surface area (Å²) in [4.78, 5) is 16.5. The molecule has 0 aliphatic heterocycles. The molecular formula is C14H12BrN5O. The Morgan fingerprint density at radius 3 is 2.95 bits per heavy atom. The van der Waals surface area contributed by atoms with Crippen molar-refractivity contribution in [1.82, 2.24) is 15.2 Å². The summed E-state index contributed by atoms with van der Waals surface area (Å²) in [5.74, 6) is 0.141. The van der Waals surface area contributed by atoms with Gasteiger partial charge >= 0.3 is 0 Å². The number of nitrogens with one attached hydrogen (secondary N) is 2. The summed E-state index contributed by atoms with van der Waals surface area (Å²) < 4.78 is 0.887. The van der Waals surface area contributed by atoms with Crippen LogP contribution in [0.1, 0.15) is 16.1 Å². The lowest BCUT2D eigenvalue weighted by Gasteiger charge is -2.05. The maximum Gasteiger partial charge on any atom is 0.277 e. The second-order valence-corrected chi connectivity index (χ2v) is 5.50. The Kier molecular flexibility index (Phi) is 3.34. The summed E-state index contributed by atoms with van der Waals surface area (Å²) >= 11 is 3.37. The van der Waals surface area contributed by atoms with Crippen molar-refractivity contribution in [1.29, 1.82) is 0 Å². The van der Waals surface area contributed by atoms with Crippen molar-refractivity contribution in [3.63, 3.8) is 0 Å². The Morgan fingerprint density at radius 2 is 2.19 bits per heavy atom. The van der Waals surface area contributed by atoms with Gasteiger partial charge < -0.3 is 11.1 Å². The van der Waals surface area contributed by atoms with Gasteiger partial charge in [0, 0.05) is 21.7 Å². The van der Waals surface area contributed by atoms with Crippen LogP contribution in [0.5, 0.6) is 0 Å². The maximum atomic E-state index is 12.3. The highest BCUT2D eigenvalue weighted by atomic mass is 79.9. The fourth-order valence-corrected chi connectivity index (χ4v) is 2.20. The number of nitrogen functional groups attached to an aromatic ring is 1. The second-order valence-electron chi connectivity index (χ2n) is 4.65. The Labute approximate surface area is 128 Å². The van der Waals surface area contributed by atoms with Gasteiger partial charge in [-0.15, -0.1) is 0 Å². The maximum absolute atomic E-state index is 12.3. The number of aromatic nitrogens is 3. The number of carbonyl (C=O) groups excluding carboxylic acids is 1. The van der Waals surface area contributed by atoms with Gasteiger partial charge in [-0.1, -0.05) is 0 Å². The van der Waals surface area contributed by atoms with Crippen molar-refractivity contribution in [3.8, 4) is 0 Å². The number of nitrogens with two attached hydrogens (primary N) is 1. The highest BCUT2D eigenvalue weighted by molar-refractivity contribution is 9.10. The first-order chi connectivity index (χ1) is 10.0. The molecule has 3 aromatic rings. The smallest absolute Gasteiger partial charge is 0.277 e. The molecule has 0 saturated carbocycles. The van der Waals surface area contributed by atoms with Crippen LogP contribution in [0.2, 0.25) is 0 Å². The average molecular weight is 346 g/mol. The monoisotopic (exact) mass is 345 g/mol. The molecule has 0 spiro atoms. The van der Waals surface area contributed by atoms with Gasteiger partial charge in [0.25, 0.3) is 5.91 Å². The molecule has 2 heterocycles. The number of rotatable bonds is 2. The van der Waals surface area contributed by atoms with E-state index in [9.17, 15) is 4.79 Å². The van der Waals surface area contributed by atoms with Gasteiger partial charge in [0.05, 0.1) is 5.52 Å². The Hall–Kier alpha value is -2.41. The first-order valence-corrected chi connectivity index (χ1v) is 7.01. The molecule has 0 fully saturated rings. The number of pyridine rings is 1. The van der Waals surface area contributed by atoms with E-state index in [4.69, 9.17) is 5.73 Å². The minimum absolute atomic E-state index is 0.291. The van der Waals surface area contributed by atoms with Crippen molar-refractivity contribution < 1.29 is 4.79 Å². The van der Waals surface area contributed by atoms with Gasteiger partial charge in [0.1, 0.15) is 5.82 Å². The highest BCUT2D eigenvalue weighted by Gasteiger charge is 2.15. The SMILES string of the molecule is Cc1cc(NC(=O)c2n[nH]c3ccc(N)cc23)ncc1Br. The number of H-pyrrole nitrogens is 1. The molecule has 21 heavy (non-hydrogen) atoms. The van der Waals surface area contributed by atoms with E-state index in [1.807, 2.05) is 6.92 Å². The summed E-state index contributed by atoms with van der Waals surface area (Å²) in [5, 5.41) is 10.3. The van der Waals surface area contributed by atoms with Crippen LogP contribution in [0.3, 0.4) is 0 Å². The Morgan fingerprint density at radius 1 is 1.38 bits per heavy atom. The molecule has 0 radical (unpaired) electrons. The summed E-state index contributed by atoms with van der Waals surface area (Å²) in [5.41, 5.74) is 8.36. The quantitative estimate of drug-likeness (QED) is 0.622. The lowest BCUT2D eigenvalue weighted by atomic mass is 10.2. The minimum atomic E-state index is -0.332. The standard InChI is InChI=1S/C14H12BrN5O/c1-7-4-12(17-6-10(7)15)18-14(21)13-9-5-8(16)2-3-11(9)19-20-13/h2-6H,16H2,1H3,(H,19,20)(H,17,18,21). The number of benzene rings is 1. The molecule has 106 valence electrons. The average Bonchev–Trinajstić information content (AvgIpc) is 2.86. The number of fused-ring (bicyclic) bond motifs is 1. The predicted molar refractivity (Wildman–Crippen MR) is 85.1 cm³/mol. The zero-order valence-corrected chi connectivity index (χ0v) is 12.7. The molecular weight excluding hydrogens is 334 g/mol. The fraction of sp³-hybridized carbons (Fsp3) is 0.0714. The Balaban J connectivity index is 1.93. The predicted octanol–water partition coefficient (Wildman–Crippen LogP) is 2.86. The first-order valence-electron chi connectivity index (χ1n) is 6.21. The van der Waals surface area contributed by atoms with E-state index < -0.39 is 0 Å². The normalized spacial score (nSPS) is 10.8. The number of carbonyl (C=O) groups is 1. The first kappa shape index (κ1) is 13.6. The molecule has 6 nitrogen and oxygen atoms in total. The van der Waals surface area contributed by atoms with Crippen LogP contribution < -0.4 is 11.1 Å². The molecule has 0 saturated heterocycles. The highest BCUT2D eigenvalue weighted by Crippen LogP contribution is 2.21. The van der Waals surface area contributed by atoms with Crippen molar-refractivity contribution in [2.75, 3.05) is 11.1 Å². The number of aromatic amines is 1. The van der Waals surface area contributed by atoms with Gasteiger partial charge in [-0.3, -0.25) is 9.89 Å². The molecule has 0 atom stereocenters. The van der Waals surface area contributed by atoms with E-state index in [1.54, 1.807) is 30.5 Å². The van der Waals surface area contributed by atoms with Crippen molar-refractivity contribution in [2.24, 2.45) is 0 Å². The van der Waals surface area contributed by atoms with Crippen LogP contribution in [0.15, 0.2) is 34.9 Å². The number of halogens is 1. The fourth-order valence-electron chi connectivity index (χ4n) is 1.99. The van der Waals surface area contributed by atoms with Crippen LogP contribution in [-0.4, -0.2) is 21.1 Å². The molecule has 4 N–H and O–H groups in total. The summed E-state index contributed by atoms with van der Waals surface area (Å²) in [6.45, 7) is 1.92. The molecule has 0 bridgehead atoms. The van der Waals surface area contributed by atoms with Crippen molar-refractivity contribution in [2.45, 2.75) is 6.92 Å². The number of nitrogens with zero attached hydrogens (tertiary/aromatic N) is 2. The lowest BCUT2D eigenvalue weighted by molar-refractivity contribution is 0.102. The largest absolute Gasteiger partial charge is 0.399 e. The van der Waals surface area contributed by atoms with Gasteiger partial charge in [-0.25, -0.2) is 4.98 Å². The number of anilines is 2. The van der Waals surface area contributed by atoms with E-state index in [1.165, 1.54) is 0 Å². The number of amides is 1. The summed E-state index contributed by atoms with van der Waals surface area (Å²) in [6.07, 6.45) is 1.64. The molecule has 1 amide bonds. The zero-order valence-electron chi connectivity index (χ0n) is 11.1. The molecule has 2 aromatic heterocycles. The third kappa shape index (κ3) is 2.59. The van der Waals surface area contributed by atoms with E-state index >= 15 is 0 Å². The van der Waals surface area contributed by atoms with Gasteiger partial charge in [-0.2, -0.15) is 5.10 Å². The molecule has 0 unspecified atom stereocenters. The minimum Gasteiger partial charge on any atom is -0.399 e. The number of hydrogen-bond acceptors (Lipinski definition) is 4. The molecule has 0 aliphatic carbocycles. The molecule has 0 aliphatic rings. The van der Waals surface area contributed by atoms with Crippen LogP contribution in [0, 0.1) is 6.92 Å². The zero-order chi connectivity index (χ0) is 15.0. The van der Waals surface area contributed by atoms with E-state index in [2.05, 4.69) is 36.4 Å². The lowest BCUT2D eigenvalue weighted by Crippen LogP contribution is -2.14. The van der Waals surface area contributed by atoms with Crippen LogP contribution in [0.25, 0.3) is 10.9 Å². The third-order valence-electron chi connectivity index (χ3n) is 3.09. The summed E-state index contributed by atoms with van der Waals surface area (Å²) in [6, 6.07) is 7.04. The summed E-state index contributed by atoms with van der Waals surface area (Å²) in [7, 11) is 0. The van der Waals surface area contributed by atoms with Gasteiger partial charge in [-0.05, 0) is 52.7 Å². The van der Waals surface area contributed by atoms with E-state index in [0.717, 1.165) is 15.6 Å². The van der Waals surface area contributed by atoms with Crippen LogP contribution >= 0.6 is 15.9 Å². The van der Waals surface area contributed by atoms with Crippen LogP contribution in [0.4, 0.5) is 11.5 Å². The van der Waals surface area contributed by atoms with E-state index in [-0.39, 0.29) is 5.91 Å². The number of aryl methyl sites for hydroxylation is 1. The molecule has 7 heteroatoms. The molecule has 1 aromatic carbocycles. The topological polar surface area (TPSA) is 96.7 Å². The Bertz CT molecular complexity index is 842. The van der Waals surface area contributed by atoms with Gasteiger partial charge in [0.15, 0.2) is 5.69 Å². The van der Waals surface area contributed by atoms with E-state index in [0.29, 0.717) is 22.6 Å². The molecule has 3 rings (SSSR count). The second kappa shape index (κ2) is 5.17. The third-order valence-corrected chi connectivity index (χ3v) is 3.92.